The van der Waals surface area contributed by atoms with Gasteiger partial charge in [-0.2, -0.15) is 0 Å². The highest BCUT2D eigenvalue weighted by atomic mass is 32.2. The summed E-state index contributed by atoms with van der Waals surface area (Å²) in [6.07, 6.45) is 4.61. The van der Waals surface area contributed by atoms with Crippen molar-refractivity contribution in [2.45, 2.75) is 31.1 Å². The van der Waals surface area contributed by atoms with Crippen molar-refractivity contribution < 1.29 is 9.53 Å². The molecule has 0 saturated heterocycles. The van der Waals surface area contributed by atoms with Gasteiger partial charge in [-0.15, -0.1) is 11.8 Å². The number of carbonyl (C=O) groups is 1. The Morgan fingerprint density at radius 2 is 2.37 bits per heavy atom. The zero-order chi connectivity index (χ0) is 13.7. The number of hydrogen-bond donors (Lipinski definition) is 1. The molecule has 1 aliphatic carbocycles. The van der Waals surface area contributed by atoms with Crippen molar-refractivity contribution in [2.24, 2.45) is 5.41 Å². The van der Waals surface area contributed by atoms with Crippen molar-refractivity contribution in [3.8, 4) is 0 Å². The Bertz CT molecular complexity index is 447. The zero-order valence-electron chi connectivity index (χ0n) is 11.4. The molecule has 0 aliphatic heterocycles. The van der Waals surface area contributed by atoms with Crippen molar-refractivity contribution in [1.82, 2.24) is 4.98 Å². The summed E-state index contributed by atoms with van der Waals surface area (Å²) in [6.45, 7) is 2.92. The lowest BCUT2D eigenvalue weighted by atomic mass is 10.1. The predicted octanol–water partition coefficient (Wildman–Crippen LogP) is 2.95. The van der Waals surface area contributed by atoms with E-state index in [1.54, 1.807) is 11.8 Å². The van der Waals surface area contributed by atoms with Crippen molar-refractivity contribution in [3.05, 3.63) is 18.3 Å². The first kappa shape index (κ1) is 14.2. The maximum atomic E-state index is 11.4. The van der Waals surface area contributed by atoms with Gasteiger partial charge in [0.2, 0.25) is 0 Å². The van der Waals surface area contributed by atoms with Gasteiger partial charge in [-0.3, -0.25) is 4.79 Å². The van der Waals surface area contributed by atoms with Crippen molar-refractivity contribution in [3.63, 3.8) is 0 Å². The fourth-order valence-electron chi connectivity index (χ4n) is 1.94. The van der Waals surface area contributed by atoms with Gasteiger partial charge in [0.25, 0.3) is 0 Å². The fourth-order valence-corrected chi connectivity index (χ4v) is 3.16. The highest BCUT2D eigenvalue weighted by molar-refractivity contribution is 7.99. The molecular formula is C14H20N2O2S. The average molecular weight is 280 g/mol. The van der Waals surface area contributed by atoms with Crippen molar-refractivity contribution in [1.29, 1.82) is 0 Å². The Labute approximate surface area is 118 Å². The predicted molar refractivity (Wildman–Crippen MR) is 77.4 cm³/mol. The molecule has 2 rings (SSSR count). The number of thioether (sulfide) groups is 1. The molecule has 1 N–H and O–H groups in total. The minimum absolute atomic E-state index is 0.0961. The lowest BCUT2D eigenvalue weighted by Gasteiger charge is -2.13. The van der Waals surface area contributed by atoms with Gasteiger partial charge in [0.1, 0.15) is 5.82 Å². The highest BCUT2D eigenvalue weighted by Gasteiger charge is 2.44. The van der Waals surface area contributed by atoms with Gasteiger partial charge in [0, 0.05) is 23.4 Å². The summed E-state index contributed by atoms with van der Waals surface area (Å²) in [5, 5.41) is 3.20. The molecule has 0 radical (unpaired) electrons. The number of nitrogens with one attached hydrogen (secondary N) is 1. The van der Waals surface area contributed by atoms with Gasteiger partial charge in [0.15, 0.2) is 0 Å². The second kappa shape index (κ2) is 6.28. The molecular weight excluding hydrogens is 260 g/mol. The summed E-state index contributed by atoms with van der Waals surface area (Å²) in [7, 11) is 1.46. The van der Waals surface area contributed by atoms with Crippen LogP contribution in [0.25, 0.3) is 0 Å². The average Bonchev–Trinajstić information content (AvgIpc) is 3.17. The number of aromatic nitrogens is 1. The van der Waals surface area contributed by atoms with Gasteiger partial charge in [-0.25, -0.2) is 4.98 Å². The monoisotopic (exact) mass is 280 g/mol. The third kappa shape index (κ3) is 4.13. The van der Waals surface area contributed by atoms with Crippen molar-refractivity contribution >= 4 is 23.5 Å². The van der Waals surface area contributed by atoms with Crippen LogP contribution in [0, 0.1) is 5.41 Å². The summed E-state index contributed by atoms with van der Waals surface area (Å²) in [5.74, 6) is 1.78. The van der Waals surface area contributed by atoms with Crippen LogP contribution in [-0.2, 0) is 9.53 Å². The van der Waals surface area contributed by atoms with E-state index in [-0.39, 0.29) is 11.4 Å². The van der Waals surface area contributed by atoms with E-state index in [2.05, 4.69) is 23.3 Å². The normalized spacial score (nSPS) is 15.9. The number of methoxy groups -OCH3 is 1. The topological polar surface area (TPSA) is 51.2 Å². The first-order valence-electron chi connectivity index (χ1n) is 6.57. The van der Waals surface area contributed by atoms with Crippen LogP contribution in [0.2, 0.25) is 0 Å². The molecule has 104 valence electrons. The number of anilines is 1. The Hall–Kier alpha value is -1.23. The summed E-state index contributed by atoms with van der Waals surface area (Å²) in [5.41, 5.74) is 0.166. The van der Waals surface area contributed by atoms with Crippen molar-refractivity contribution in [2.75, 3.05) is 24.7 Å². The quantitative estimate of drug-likeness (QED) is 0.614. The zero-order valence-corrected chi connectivity index (χ0v) is 12.3. The molecule has 19 heavy (non-hydrogen) atoms. The van der Waals surface area contributed by atoms with Crippen LogP contribution in [0.5, 0.6) is 0 Å². The van der Waals surface area contributed by atoms with E-state index in [0.717, 1.165) is 31.0 Å². The van der Waals surface area contributed by atoms with Gasteiger partial charge < -0.3 is 10.1 Å². The lowest BCUT2D eigenvalue weighted by Crippen LogP contribution is -2.13. The molecule has 0 bridgehead atoms. The fraction of sp³-hybridized carbons (Fsp3) is 0.571. The van der Waals surface area contributed by atoms with Gasteiger partial charge >= 0.3 is 5.97 Å². The van der Waals surface area contributed by atoms with E-state index in [1.807, 2.05) is 12.3 Å². The molecule has 5 heteroatoms. The minimum atomic E-state index is -0.0961. The lowest BCUT2D eigenvalue weighted by molar-refractivity contribution is -0.141. The molecule has 0 spiro atoms. The molecule has 1 aromatic heterocycles. The number of pyridine rings is 1. The molecule has 1 saturated carbocycles. The van der Waals surface area contributed by atoms with Crippen LogP contribution >= 0.6 is 11.8 Å². The third-order valence-corrected chi connectivity index (χ3v) is 4.68. The molecule has 0 unspecified atom stereocenters. The summed E-state index contributed by atoms with van der Waals surface area (Å²) in [4.78, 5) is 16.8. The van der Waals surface area contributed by atoms with Crippen LogP contribution in [0.3, 0.4) is 0 Å². The smallest absolute Gasteiger partial charge is 0.306 e. The molecule has 1 fully saturated rings. The van der Waals surface area contributed by atoms with Crippen LogP contribution in [0.1, 0.15) is 26.2 Å². The number of hydrogen-bond acceptors (Lipinski definition) is 5. The van der Waals surface area contributed by atoms with E-state index < -0.39 is 0 Å². The molecule has 0 aromatic carbocycles. The van der Waals surface area contributed by atoms with Crippen LogP contribution in [-0.4, -0.2) is 30.4 Å². The largest absolute Gasteiger partial charge is 0.469 e. The van der Waals surface area contributed by atoms with Crippen LogP contribution in [0.4, 0.5) is 5.82 Å². The first-order chi connectivity index (χ1) is 9.17. The Balaban J connectivity index is 1.88. The number of nitrogens with zero attached hydrogens (tertiary/aromatic N) is 1. The Morgan fingerprint density at radius 3 is 3.00 bits per heavy atom. The number of ether oxygens (including phenoxy) is 1. The second-order valence-corrected chi connectivity index (χ2v) is 6.00. The van der Waals surface area contributed by atoms with E-state index >= 15 is 0 Å². The Morgan fingerprint density at radius 1 is 1.58 bits per heavy atom. The molecule has 4 nitrogen and oxygen atoms in total. The summed E-state index contributed by atoms with van der Waals surface area (Å²) in [6, 6.07) is 4.07. The minimum Gasteiger partial charge on any atom is -0.469 e. The molecule has 1 heterocycles. The second-order valence-electron chi connectivity index (χ2n) is 4.95. The summed E-state index contributed by atoms with van der Waals surface area (Å²) >= 11 is 1.79. The maximum Gasteiger partial charge on any atom is 0.306 e. The van der Waals surface area contributed by atoms with E-state index in [9.17, 15) is 4.79 Å². The van der Waals surface area contributed by atoms with Gasteiger partial charge in [0.05, 0.1) is 13.5 Å². The molecule has 0 atom stereocenters. The number of esters is 1. The van der Waals surface area contributed by atoms with Crippen LogP contribution in [0.15, 0.2) is 23.2 Å². The summed E-state index contributed by atoms with van der Waals surface area (Å²) < 4.78 is 4.76. The molecule has 1 aliphatic rings. The first-order valence-corrected chi connectivity index (χ1v) is 7.55. The maximum absolute atomic E-state index is 11.4. The SMILES string of the molecule is CCNc1cc(SCC2(CC(=O)OC)CC2)ccn1. The number of rotatable bonds is 7. The molecule has 0 amide bonds. The van der Waals surface area contributed by atoms with E-state index in [0.29, 0.717) is 6.42 Å². The van der Waals surface area contributed by atoms with Gasteiger partial charge in [-0.05, 0) is 37.3 Å². The number of carbonyl (C=O) groups excluding carboxylic acids is 1. The standard InChI is InChI=1S/C14H20N2O2S/c1-3-15-12-8-11(4-7-16-12)19-10-14(5-6-14)9-13(17)18-2/h4,7-8H,3,5-6,9-10H2,1-2H3,(H,15,16). The molecule has 1 aromatic rings. The highest BCUT2D eigenvalue weighted by Crippen LogP contribution is 2.52. The Kier molecular flexibility index (Phi) is 4.69. The van der Waals surface area contributed by atoms with Gasteiger partial charge in [-0.1, -0.05) is 0 Å². The van der Waals surface area contributed by atoms with E-state index in [4.69, 9.17) is 4.74 Å². The van der Waals surface area contributed by atoms with Crippen LogP contribution < -0.4 is 5.32 Å². The van der Waals surface area contributed by atoms with E-state index in [1.165, 1.54) is 12.0 Å². The third-order valence-electron chi connectivity index (χ3n) is 3.34.